The lowest BCUT2D eigenvalue weighted by atomic mass is 10.2. The van der Waals surface area contributed by atoms with E-state index in [1.54, 1.807) is 22.5 Å². The number of nitrogens with zero attached hydrogens (tertiary/aromatic N) is 1. The summed E-state index contributed by atoms with van der Waals surface area (Å²) in [6, 6.07) is 4.95. The molecule has 0 unspecified atom stereocenters. The lowest BCUT2D eigenvalue weighted by Crippen LogP contribution is -2.31. The van der Waals surface area contributed by atoms with Crippen molar-refractivity contribution in [3.8, 4) is 11.5 Å². The fourth-order valence-corrected chi connectivity index (χ4v) is 4.27. The molecule has 1 aliphatic heterocycles. The first-order valence-corrected chi connectivity index (χ1v) is 10.4. The van der Waals surface area contributed by atoms with E-state index in [1.165, 1.54) is 0 Å². The predicted molar refractivity (Wildman–Crippen MR) is 95.2 cm³/mol. The van der Waals surface area contributed by atoms with Crippen LogP contribution in [0.15, 0.2) is 23.1 Å². The number of sulfonamides is 1. The molecule has 0 aromatic heterocycles. The Morgan fingerprint density at radius 2 is 1.50 bits per heavy atom. The molecule has 5 nitrogen and oxygen atoms in total. The molecule has 0 amide bonds. The summed E-state index contributed by atoms with van der Waals surface area (Å²) in [4.78, 5) is 0.291. The lowest BCUT2D eigenvalue weighted by molar-refractivity contribution is 0.267. The third kappa shape index (κ3) is 4.86. The van der Waals surface area contributed by atoms with Crippen molar-refractivity contribution < 1.29 is 17.9 Å². The molecule has 2 rings (SSSR count). The van der Waals surface area contributed by atoms with E-state index in [-0.39, 0.29) is 0 Å². The summed E-state index contributed by atoms with van der Waals surface area (Å²) in [6.07, 6.45) is 5.80. The fourth-order valence-electron chi connectivity index (χ4n) is 2.74. The summed E-state index contributed by atoms with van der Waals surface area (Å²) >= 11 is 0. The Morgan fingerprint density at radius 1 is 0.917 bits per heavy atom. The standard InChI is InChI=1S/C18H29NO4S/c1-3-13-22-17-10-9-16(15-18(17)23-14-4-2)24(20,21)19-11-7-5-6-8-12-19/h9-10,15H,3-8,11-14H2,1-2H3. The van der Waals surface area contributed by atoms with Gasteiger partial charge in [-0.25, -0.2) is 8.42 Å². The highest BCUT2D eigenvalue weighted by Crippen LogP contribution is 2.32. The molecule has 1 fully saturated rings. The van der Waals surface area contributed by atoms with Gasteiger partial charge in [-0.2, -0.15) is 4.31 Å². The number of hydrogen-bond acceptors (Lipinski definition) is 4. The molecule has 0 aliphatic carbocycles. The zero-order valence-corrected chi connectivity index (χ0v) is 15.6. The van der Waals surface area contributed by atoms with E-state index in [9.17, 15) is 8.42 Å². The second kappa shape index (κ2) is 9.28. The molecular formula is C18H29NO4S. The second-order valence-electron chi connectivity index (χ2n) is 6.12. The van der Waals surface area contributed by atoms with Gasteiger partial charge in [0.2, 0.25) is 10.0 Å². The molecule has 1 aromatic carbocycles. The maximum Gasteiger partial charge on any atom is 0.243 e. The van der Waals surface area contributed by atoms with Crippen LogP contribution in [0.1, 0.15) is 52.4 Å². The average molecular weight is 356 g/mol. The summed E-state index contributed by atoms with van der Waals surface area (Å²) in [7, 11) is -3.47. The lowest BCUT2D eigenvalue weighted by Gasteiger charge is -2.21. The largest absolute Gasteiger partial charge is 0.490 e. The van der Waals surface area contributed by atoms with E-state index < -0.39 is 10.0 Å². The fraction of sp³-hybridized carbons (Fsp3) is 0.667. The van der Waals surface area contributed by atoms with E-state index in [0.29, 0.717) is 42.7 Å². The Balaban J connectivity index is 2.27. The highest BCUT2D eigenvalue weighted by atomic mass is 32.2. The Bertz CT molecular complexity index is 607. The quantitative estimate of drug-likeness (QED) is 0.711. The van der Waals surface area contributed by atoms with Crippen LogP contribution in [0.4, 0.5) is 0 Å². The Hall–Kier alpha value is -1.27. The third-order valence-electron chi connectivity index (χ3n) is 4.04. The molecule has 1 aromatic rings. The first-order valence-electron chi connectivity index (χ1n) is 8.99. The molecule has 1 aliphatic rings. The van der Waals surface area contributed by atoms with Gasteiger partial charge in [-0.05, 0) is 37.8 Å². The first kappa shape index (κ1) is 19.1. The second-order valence-corrected chi connectivity index (χ2v) is 8.06. The zero-order valence-electron chi connectivity index (χ0n) is 14.8. The van der Waals surface area contributed by atoms with Crippen LogP contribution >= 0.6 is 0 Å². The molecule has 0 spiro atoms. The molecule has 0 N–H and O–H groups in total. The summed E-state index contributed by atoms with van der Waals surface area (Å²) < 4.78 is 38.9. The molecule has 1 saturated heterocycles. The third-order valence-corrected chi connectivity index (χ3v) is 5.94. The summed E-state index contributed by atoms with van der Waals surface area (Å²) in [6.45, 7) is 6.37. The molecule has 0 saturated carbocycles. The van der Waals surface area contributed by atoms with Gasteiger partial charge in [0.05, 0.1) is 18.1 Å². The van der Waals surface area contributed by atoms with Gasteiger partial charge in [-0.1, -0.05) is 26.7 Å². The van der Waals surface area contributed by atoms with Crippen molar-refractivity contribution in [2.75, 3.05) is 26.3 Å². The number of ether oxygens (including phenoxy) is 2. The Labute approximate surface area is 146 Å². The van der Waals surface area contributed by atoms with Gasteiger partial charge in [0.15, 0.2) is 11.5 Å². The van der Waals surface area contributed by atoms with Crippen LogP contribution in [0.2, 0.25) is 0 Å². The molecule has 0 radical (unpaired) electrons. The molecular weight excluding hydrogens is 326 g/mol. The summed E-state index contributed by atoms with van der Waals surface area (Å²) in [5.74, 6) is 1.13. The van der Waals surface area contributed by atoms with E-state index >= 15 is 0 Å². The van der Waals surface area contributed by atoms with Gasteiger partial charge in [0, 0.05) is 19.2 Å². The average Bonchev–Trinajstić information content (AvgIpc) is 2.88. The van der Waals surface area contributed by atoms with Crippen LogP contribution < -0.4 is 9.47 Å². The molecule has 0 atom stereocenters. The number of hydrogen-bond donors (Lipinski definition) is 0. The van der Waals surface area contributed by atoms with E-state index in [2.05, 4.69) is 0 Å². The monoisotopic (exact) mass is 355 g/mol. The minimum Gasteiger partial charge on any atom is -0.490 e. The first-order chi connectivity index (χ1) is 11.6. The van der Waals surface area contributed by atoms with Crippen molar-refractivity contribution in [3.63, 3.8) is 0 Å². The normalized spacial score (nSPS) is 16.6. The highest BCUT2D eigenvalue weighted by Gasteiger charge is 2.26. The Morgan fingerprint density at radius 3 is 2.08 bits per heavy atom. The van der Waals surface area contributed by atoms with Crippen molar-refractivity contribution in [3.05, 3.63) is 18.2 Å². The molecule has 0 bridgehead atoms. The van der Waals surface area contributed by atoms with Crippen molar-refractivity contribution in [2.24, 2.45) is 0 Å². The molecule has 6 heteroatoms. The minimum absolute atomic E-state index is 0.291. The van der Waals surface area contributed by atoms with Gasteiger partial charge in [-0.3, -0.25) is 0 Å². The van der Waals surface area contributed by atoms with Crippen molar-refractivity contribution >= 4 is 10.0 Å². The Kier molecular flexibility index (Phi) is 7.37. The maximum atomic E-state index is 12.9. The van der Waals surface area contributed by atoms with Gasteiger partial charge in [0.25, 0.3) is 0 Å². The number of benzene rings is 1. The predicted octanol–water partition coefficient (Wildman–Crippen LogP) is 3.83. The smallest absolute Gasteiger partial charge is 0.243 e. The van der Waals surface area contributed by atoms with E-state index in [1.807, 2.05) is 13.8 Å². The summed E-state index contributed by atoms with van der Waals surface area (Å²) in [5, 5.41) is 0. The SMILES string of the molecule is CCCOc1ccc(S(=O)(=O)N2CCCCCC2)cc1OCCC. The van der Waals surface area contributed by atoms with Crippen LogP contribution in [-0.4, -0.2) is 39.0 Å². The molecule has 1 heterocycles. The zero-order chi connectivity index (χ0) is 17.4. The summed E-state index contributed by atoms with van der Waals surface area (Å²) in [5.41, 5.74) is 0. The molecule has 24 heavy (non-hydrogen) atoms. The van der Waals surface area contributed by atoms with Crippen molar-refractivity contribution in [1.29, 1.82) is 0 Å². The topological polar surface area (TPSA) is 55.8 Å². The molecule has 136 valence electrons. The van der Waals surface area contributed by atoms with Gasteiger partial charge in [0.1, 0.15) is 0 Å². The van der Waals surface area contributed by atoms with Crippen LogP contribution in [0.3, 0.4) is 0 Å². The van der Waals surface area contributed by atoms with Crippen molar-refractivity contribution in [2.45, 2.75) is 57.3 Å². The highest BCUT2D eigenvalue weighted by molar-refractivity contribution is 7.89. The minimum atomic E-state index is -3.47. The van der Waals surface area contributed by atoms with Crippen LogP contribution in [0.5, 0.6) is 11.5 Å². The van der Waals surface area contributed by atoms with Crippen LogP contribution in [-0.2, 0) is 10.0 Å². The maximum absolute atomic E-state index is 12.9. The van der Waals surface area contributed by atoms with Crippen LogP contribution in [0.25, 0.3) is 0 Å². The van der Waals surface area contributed by atoms with Gasteiger partial charge in [-0.15, -0.1) is 0 Å². The van der Waals surface area contributed by atoms with Crippen LogP contribution in [0, 0.1) is 0 Å². The van der Waals surface area contributed by atoms with Gasteiger partial charge >= 0.3 is 0 Å². The van der Waals surface area contributed by atoms with E-state index in [0.717, 1.165) is 38.5 Å². The number of rotatable bonds is 8. The van der Waals surface area contributed by atoms with E-state index in [4.69, 9.17) is 9.47 Å². The van der Waals surface area contributed by atoms with Crippen molar-refractivity contribution in [1.82, 2.24) is 4.31 Å². The van der Waals surface area contributed by atoms with Gasteiger partial charge < -0.3 is 9.47 Å².